The molecule has 0 bridgehead atoms. The first-order chi connectivity index (χ1) is 20.2. The Labute approximate surface area is 253 Å². The topological polar surface area (TPSA) is 70.1 Å². The molecule has 9 heteroatoms. The molecular weight excluding hydrogens is 557 g/mol. The predicted molar refractivity (Wildman–Crippen MR) is 160 cm³/mol. The third-order valence-corrected chi connectivity index (χ3v) is 9.49. The monoisotopic (exact) mass is 602 g/mol. The Hall–Kier alpha value is -3.07. The largest absolute Gasteiger partial charge is 0.573 e. The minimum Gasteiger partial charge on any atom is -0.406 e. The number of hydrogen-bond acceptors (Lipinski definition) is 4. The van der Waals surface area contributed by atoms with Crippen LogP contribution in [0.15, 0.2) is 42.5 Å². The van der Waals surface area contributed by atoms with E-state index in [-0.39, 0.29) is 16.9 Å². The van der Waals surface area contributed by atoms with Gasteiger partial charge >= 0.3 is 6.36 Å². The van der Waals surface area contributed by atoms with E-state index < -0.39 is 29.5 Å². The number of piperidine rings is 1. The van der Waals surface area contributed by atoms with E-state index >= 15 is 0 Å². The molecule has 2 aliphatic rings. The van der Waals surface area contributed by atoms with Crippen molar-refractivity contribution in [3.05, 3.63) is 64.7 Å². The van der Waals surface area contributed by atoms with Crippen LogP contribution >= 0.6 is 0 Å². The summed E-state index contributed by atoms with van der Waals surface area (Å²) in [6, 6.07) is 11.3. The van der Waals surface area contributed by atoms with Crippen molar-refractivity contribution in [1.82, 2.24) is 9.80 Å². The lowest BCUT2D eigenvalue weighted by molar-refractivity contribution is -0.274. The standard InChI is InChI=1S/C34H45F3N2O4/c1-6-26-19-24(13-14-29(26)30(40)38(4)5)9-7-10-25-21-32(22-25)15-17-39(18-16-32)31(41)33(42,23(2)3)27-11-8-12-28(20-27)43-34(35,36)37/h8,11-14,19-20,23,25,42H,6-7,9-10,15-18,21-22H2,1-5H3/t33-/m0/s1. The molecule has 1 heterocycles. The third-order valence-electron chi connectivity index (χ3n) is 9.49. The molecule has 6 nitrogen and oxygen atoms in total. The zero-order valence-corrected chi connectivity index (χ0v) is 26.0. The van der Waals surface area contributed by atoms with Crippen LogP contribution in [0.1, 0.15) is 86.3 Å². The van der Waals surface area contributed by atoms with Gasteiger partial charge < -0.3 is 19.6 Å². The van der Waals surface area contributed by atoms with Crippen molar-refractivity contribution in [2.75, 3.05) is 27.2 Å². The van der Waals surface area contributed by atoms with Gasteiger partial charge in [0.25, 0.3) is 11.8 Å². The molecule has 1 saturated carbocycles. The highest BCUT2D eigenvalue weighted by Crippen LogP contribution is 2.54. The summed E-state index contributed by atoms with van der Waals surface area (Å²) in [5.74, 6) is -0.788. The minimum atomic E-state index is -4.86. The Morgan fingerprint density at radius 3 is 2.35 bits per heavy atom. The normalized spacial score (nSPS) is 18.3. The van der Waals surface area contributed by atoms with Gasteiger partial charge in [-0.3, -0.25) is 9.59 Å². The number of aliphatic hydroxyl groups is 1. The van der Waals surface area contributed by atoms with Crippen molar-refractivity contribution < 1.29 is 32.6 Å². The molecule has 2 aromatic rings. The average Bonchev–Trinajstić information content (AvgIpc) is 2.94. The molecule has 1 aliphatic carbocycles. The lowest BCUT2D eigenvalue weighted by atomic mass is 9.56. The highest BCUT2D eigenvalue weighted by molar-refractivity contribution is 5.95. The van der Waals surface area contributed by atoms with Crippen LogP contribution in [0.5, 0.6) is 5.75 Å². The molecule has 2 aromatic carbocycles. The fourth-order valence-corrected chi connectivity index (χ4v) is 6.98. The first-order valence-corrected chi connectivity index (χ1v) is 15.4. The number of alkyl halides is 3. The highest BCUT2D eigenvalue weighted by atomic mass is 19.4. The summed E-state index contributed by atoms with van der Waals surface area (Å²) >= 11 is 0. The zero-order valence-electron chi connectivity index (χ0n) is 26.0. The smallest absolute Gasteiger partial charge is 0.406 e. The van der Waals surface area contributed by atoms with Crippen LogP contribution in [-0.4, -0.2) is 60.3 Å². The van der Waals surface area contributed by atoms with Crippen LogP contribution in [0, 0.1) is 17.3 Å². The molecule has 2 fully saturated rings. The van der Waals surface area contributed by atoms with Gasteiger partial charge in [0.05, 0.1) is 0 Å². The minimum absolute atomic E-state index is 0.0366. The van der Waals surface area contributed by atoms with Gasteiger partial charge in [0, 0.05) is 32.7 Å². The molecule has 0 unspecified atom stereocenters. The summed E-state index contributed by atoms with van der Waals surface area (Å²) in [4.78, 5) is 29.4. The number of benzene rings is 2. The molecule has 1 saturated heterocycles. The number of aryl methyl sites for hydroxylation is 2. The molecule has 236 valence electrons. The number of nitrogens with zero attached hydrogens (tertiary/aromatic N) is 2. The number of rotatable bonds is 10. The summed E-state index contributed by atoms with van der Waals surface area (Å²) in [5.41, 5.74) is 1.50. The van der Waals surface area contributed by atoms with Gasteiger partial charge in [0.15, 0.2) is 5.60 Å². The summed E-state index contributed by atoms with van der Waals surface area (Å²) in [5, 5.41) is 11.6. The third kappa shape index (κ3) is 7.36. The van der Waals surface area contributed by atoms with E-state index in [1.54, 1.807) is 37.7 Å². The van der Waals surface area contributed by atoms with E-state index in [4.69, 9.17) is 0 Å². The van der Waals surface area contributed by atoms with E-state index in [9.17, 15) is 27.9 Å². The molecule has 1 spiro atoms. The molecule has 2 amide bonds. The van der Waals surface area contributed by atoms with Crippen LogP contribution in [0.4, 0.5) is 13.2 Å². The van der Waals surface area contributed by atoms with Gasteiger partial charge in [-0.1, -0.05) is 51.5 Å². The predicted octanol–water partition coefficient (Wildman–Crippen LogP) is 6.73. The second-order valence-corrected chi connectivity index (χ2v) is 13.0. The number of carbonyl (C=O) groups excluding carboxylic acids is 2. The molecule has 1 N–H and O–H groups in total. The van der Waals surface area contributed by atoms with Crippen LogP contribution in [0.3, 0.4) is 0 Å². The van der Waals surface area contributed by atoms with Crippen molar-refractivity contribution >= 4 is 11.8 Å². The zero-order chi connectivity index (χ0) is 31.6. The van der Waals surface area contributed by atoms with E-state index in [1.807, 2.05) is 6.07 Å². The Bertz CT molecular complexity index is 1290. The van der Waals surface area contributed by atoms with Gasteiger partial charge in [-0.25, -0.2) is 0 Å². The highest BCUT2D eigenvalue weighted by Gasteiger charge is 2.49. The summed E-state index contributed by atoms with van der Waals surface area (Å²) < 4.78 is 42.4. The Balaban J connectivity index is 1.29. The quantitative estimate of drug-likeness (QED) is 0.327. The number of halogens is 3. The van der Waals surface area contributed by atoms with Gasteiger partial charge in [-0.2, -0.15) is 0 Å². The van der Waals surface area contributed by atoms with Gasteiger partial charge in [0.1, 0.15) is 5.75 Å². The molecule has 1 aliphatic heterocycles. The fraction of sp³-hybridized carbons (Fsp3) is 0.588. The second kappa shape index (κ2) is 12.9. The van der Waals surface area contributed by atoms with Crippen molar-refractivity contribution in [2.24, 2.45) is 17.3 Å². The second-order valence-electron chi connectivity index (χ2n) is 13.0. The summed E-state index contributed by atoms with van der Waals surface area (Å²) in [7, 11) is 3.54. The van der Waals surface area contributed by atoms with Gasteiger partial charge in [-0.15, -0.1) is 13.2 Å². The Kier molecular flexibility index (Phi) is 9.84. The summed E-state index contributed by atoms with van der Waals surface area (Å²) in [6.07, 6.45) is 3.18. The molecule has 1 atom stereocenters. The summed E-state index contributed by atoms with van der Waals surface area (Å²) in [6.45, 7) is 6.51. The lowest BCUT2D eigenvalue weighted by Crippen LogP contribution is -2.55. The van der Waals surface area contributed by atoms with Crippen molar-refractivity contribution in [2.45, 2.75) is 84.1 Å². The van der Waals surface area contributed by atoms with Crippen LogP contribution in [0.25, 0.3) is 0 Å². The Morgan fingerprint density at radius 1 is 1.09 bits per heavy atom. The van der Waals surface area contributed by atoms with Crippen molar-refractivity contribution in [3.8, 4) is 5.75 Å². The maximum absolute atomic E-state index is 13.6. The van der Waals surface area contributed by atoms with E-state index in [0.717, 1.165) is 74.6 Å². The first kappa shape index (κ1) is 32.8. The lowest BCUT2D eigenvalue weighted by Gasteiger charge is -2.53. The van der Waals surface area contributed by atoms with E-state index in [0.29, 0.717) is 19.0 Å². The maximum Gasteiger partial charge on any atom is 0.573 e. The number of carbonyl (C=O) groups is 2. The molecule has 0 radical (unpaired) electrons. The van der Waals surface area contributed by atoms with Gasteiger partial charge in [-0.05, 0) is 97.1 Å². The van der Waals surface area contributed by atoms with Gasteiger partial charge in [0.2, 0.25) is 0 Å². The number of amides is 2. The van der Waals surface area contributed by atoms with Crippen LogP contribution in [0.2, 0.25) is 0 Å². The van der Waals surface area contributed by atoms with Crippen LogP contribution < -0.4 is 4.74 Å². The molecule has 43 heavy (non-hydrogen) atoms. The molecule has 4 rings (SSSR count). The Morgan fingerprint density at radius 2 is 1.77 bits per heavy atom. The van der Waals surface area contributed by atoms with Crippen molar-refractivity contribution in [3.63, 3.8) is 0 Å². The SMILES string of the molecule is CCc1cc(CCCC2CC3(CCN(C(=O)[C@@](O)(c4cccc(OC(F)(F)F)c4)C(C)C)CC3)C2)ccc1C(=O)N(C)C. The maximum atomic E-state index is 13.6. The molecular formula is C34H45F3N2O4. The average molecular weight is 603 g/mol. The number of likely N-dealkylation sites (tertiary alicyclic amines) is 1. The van der Waals surface area contributed by atoms with Crippen molar-refractivity contribution in [1.29, 1.82) is 0 Å². The molecule has 0 aromatic heterocycles. The number of ether oxygens (including phenoxy) is 1. The van der Waals surface area contributed by atoms with Crippen LogP contribution in [-0.2, 0) is 23.2 Å². The first-order valence-electron chi connectivity index (χ1n) is 15.4. The van der Waals surface area contributed by atoms with E-state index in [2.05, 4.69) is 23.8 Å². The van der Waals surface area contributed by atoms with E-state index in [1.165, 1.54) is 17.7 Å². The fourth-order valence-electron chi connectivity index (χ4n) is 6.98. The number of hydrogen-bond donors (Lipinski definition) is 1.